The summed E-state index contributed by atoms with van der Waals surface area (Å²) in [7, 11) is 3.28. The summed E-state index contributed by atoms with van der Waals surface area (Å²) in [5.74, 6) is 1.32. The van der Waals surface area contributed by atoms with Gasteiger partial charge in [0.25, 0.3) is 5.56 Å². The number of carbonyl (C=O) groups excluding carboxylic acids is 1. The molecule has 1 aromatic carbocycles. The van der Waals surface area contributed by atoms with Crippen molar-refractivity contribution in [2.75, 3.05) is 12.9 Å². The third-order valence-corrected chi connectivity index (χ3v) is 6.10. The summed E-state index contributed by atoms with van der Waals surface area (Å²) in [6, 6.07) is 9.40. The zero-order chi connectivity index (χ0) is 19.7. The SMILES string of the molecule is COc1ccc(CNC(=O)CSc2nnc3n(C)c(=O)c4sccc4n23)cc1. The van der Waals surface area contributed by atoms with Crippen molar-refractivity contribution in [3.63, 3.8) is 0 Å². The molecule has 3 aromatic heterocycles. The quantitative estimate of drug-likeness (QED) is 0.485. The molecule has 0 spiro atoms. The van der Waals surface area contributed by atoms with Crippen LogP contribution in [-0.4, -0.2) is 37.9 Å². The molecule has 10 heteroatoms. The topological polar surface area (TPSA) is 90.5 Å². The Hall–Kier alpha value is -2.85. The van der Waals surface area contributed by atoms with Crippen molar-refractivity contribution in [1.82, 2.24) is 24.5 Å². The summed E-state index contributed by atoms with van der Waals surface area (Å²) in [4.78, 5) is 24.6. The monoisotopic (exact) mass is 415 g/mol. The first-order valence-corrected chi connectivity index (χ1v) is 10.3. The zero-order valence-corrected chi connectivity index (χ0v) is 16.8. The fourth-order valence-corrected chi connectivity index (χ4v) is 4.41. The summed E-state index contributed by atoms with van der Waals surface area (Å²) < 4.78 is 9.05. The average molecular weight is 416 g/mol. The molecule has 0 radical (unpaired) electrons. The Balaban J connectivity index is 1.46. The molecule has 8 nitrogen and oxygen atoms in total. The van der Waals surface area contributed by atoms with Gasteiger partial charge in [-0.25, -0.2) is 0 Å². The highest BCUT2D eigenvalue weighted by molar-refractivity contribution is 7.99. The van der Waals surface area contributed by atoms with E-state index in [2.05, 4.69) is 15.5 Å². The van der Waals surface area contributed by atoms with Crippen LogP contribution < -0.4 is 15.6 Å². The molecule has 1 N–H and O–H groups in total. The summed E-state index contributed by atoms with van der Waals surface area (Å²) in [6.07, 6.45) is 0. The Morgan fingerprint density at radius 2 is 2.04 bits per heavy atom. The minimum Gasteiger partial charge on any atom is -0.497 e. The Labute approximate surface area is 168 Å². The Morgan fingerprint density at radius 3 is 2.79 bits per heavy atom. The summed E-state index contributed by atoms with van der Waals surface area (Å²) >= 11 is 2.67. The predicted molar refractivity (Wildman–Crippen MR) is 109 cm³/mol. The second-order valence-corrected chi connectivity index (χ2v) is 7.89. The maximum absolute atomic E-state index is 12.4. The smallest absolute Gasteiger partial charge is 0.272 e. The van der Waals surface area contributed by atoms with Crippen molar-refractivity contribution in [1.29, 1.82) is 0 Å². The van der Waals surface area contributed by atoms with Crippen LogP contribution >= 0.6 is 23.1 Å². The fourth-order valence-electron chi connectivity index (χ4n) is 2.79. The maximum Gasteiger partial charge on any atom is 0.272 e. The Bertz CT molecular complexity index is 1210. The number of thioether (sulfide) groups is 1. The van der Waals surface area contributed by atoms with Crippen LogP contribution in [0.25, 0.3) is 16.0 Å². The molecule has 0 atom stereocenters. The van der Waals surface area contributed by atoms with Crippen LogP contribution in [0.2, 0.25) is 0 Å². The van der Waals surface area contributed by atoms with Crippen molar-refractivity contribution in [2.24, 2.45) is 7.05 Å². The zero-order valence-electron chi connectivity index (χ0n) is 15.2. The standard InChI is InChI=1S/C18H17N5O3S2/c1-22-16(25)15-13(7-8-27-15)23-17(22)20-21-18(23)28-10-14(24)19-9-11-3-5-12(26-2)6-4-11/h3-8H,9-10H2,1-2H3,(H,19,24). The fraction of sp³-hybridized carbons (Fsp3) is 0.222. The molecule has 3 heterocycles. The number of benzene rings is 1. The molecule has 0 saturated carbocycles. The van der Waals surface area contributed by atoms with Crippen molar-refractivity contribution < 1.29 is 9.53 Å². The molecule has 4 aromatic rings. The lowest BCUT2D eigenvalue weighted by atomic mass is 10.2. The number of ether oxygens (including phenoxy) is 1. The molecule has 0 bridgehead atoms. The highest BCUT2D eigenvalue weighted by Crippen LogP contribution is 2.23. The molecule has 28 heavy (non-hydrogen) atoms. The van der Waals surface area contributed by atoms with Gasteiger partial charge in [0.15, 0.2) is 5.16 Å². The first kappa shape index (κ1) is 18.5. The van der Waals surface area contributed by atoms with E-state index in [0.717, 1.165) is 16.8 Å². The highest BCUT2D eigenvalue weighted by Gasteiger charge is 2.16. The molecule has 0 aliphatic carbocycles. The highest BCUT2D eigenvalue weighted by atomic mass is 32.2. The van der Waals surface area contributed by atoms with Crippen LogP contribution in [0, 0.1) is 0 Å². The van der Waals surface area contributed by atoms with Crippen LogP contribution in [0.15, 0.2) is 45.7 Å². The van der Waals surface area contributed by atoms with Crippen LogP contribution in [-0.2, 0) is 18.4 Å². The largest absolute Gasteiger partial charge is 0.497 e. The first-order valence-electron chi connectivity index (χ1n) is 8.42. The van der Waals surface area contributed by atoms with E-state index < -0.39 is 0 Å². The van der Waals surface area contributed by atoms with Crippen LogP contribution in [0.5, 0.6) is 5.75 Å². The first-order chi connectivity index (χ1) is 13.6. The second-order valence-electron chi connectivity index (χ2n) is 6.03. The predicted octanol–water partition coefficient (Wildman–Crippen LogP) is 2.06. The lowest BCUT2D eigenvalue weighted by molar-refractivity contribution is -0.118. The molecule has 0 saturated heterocycles. The van der Waals surface area contributed by atoms with E-state index in [1.165, 1.54) is 27.7 Å². The number of nitrogens with one attached hydrogen (secondary N) is 1. The minimum absolute atomic E-state index is 0.0984. The number of amides is 1. The van der Waals surface area contributed by atoms with Gasteiger partial charge >= 0.3 is 0 Å². The Kier molecular flexibility index (Phi) is 5.05. The van der Waals surface area contributed by atoms with E-state index in [4.69, 9.17) is 4.74 Å². The lowest BCUT2D eigenvalue weighted by Crippen LogP contribution is -2.24. The minimum atomic E-state index is -0.107. The molecule has 144 valence electrons. The lowest BCUT2D eigenvalue weighted by Gasteiger charge is -2.07. The normalized spacial score (nSPS) is 11.2. The number of fused-ring (bicyclic) bond motifs is 3. The molecule has 0 aliphatic rings. The van der Waals surface area contributed by atoms with Gasteiger partial charge in [0.2, 0.25) is 11.7 Å². The molecule has 4 rings (SSSR count). The van der Waals surface area contributed by atoms with Gasteiger partial charge < -0.3 is 10.1 Å². The molecule has 0 aliphatic heterocycles. The summed E-state index contributed by atoms with van der Waals surface area (Å²) in [5, 5.41) is 13.6. The van der Waals surface area contributed by atoms with Gasteiger partial charge in [0, 0.05) is 13.6 Å². The number of aromatic nitrogens is 4. The van der Waals surface area contributed by atoms with Crippen LogP contribution in [0.4, 0.5) is 0 Å². The van der Waals surface area contributed by atoms with E-state index in [9.17, 15) is 9.59 Å². The van der Waals surface area contributed by atoms with E-state index in [1.807, 2.05) is 40.1 Å². The van der Waals surface area contributed by atoms with Gasteiger partial charge in [-0.1, -0.05) is 23.9 Å². The van der Waals surface area contributed by atoms with Crippen molar-refractivity contribution >= 4 is 45.0 Å². The second kappa shape index (κ2) is 7.64. The molecule has 0 unspecified atom stereocenters. The van der Waals surface area contributed by atoms with Crippen molar-refractivity contribution in [2.45, 2.75) is 11.7 Å². The number of carbonyl (C=O) groups is 1. The maximum atomic E-state index is 12.4. The van der Waals surface area contributed by atoms with E-state index in [-0.39, 0.29) is 17.2 Å². The third-order valence-electron chi connectivity index (χ3n) is 4.28. The molecular weight excluding hydrogens is 398 g/mol. The Morgan fingerprint density at radius 1 is 1.25 bits per heavy atom. The third kappa shape index (κ3) is 3.36. The van der Waals surface area contributed by atoms with E-state index in [1.54, 1.807) is 14.2 Å². The number of aryl methyl sites for hydroxylation is 1. The van der Waals surface area contributed by atoms with Crippen LogP contribution in [0.1, 0.15) is 5.56 Å². The van der Waals surface area contributed by atoms with Gasteiger partial charge in [-0.05, 0) is 29.1 Å². The molecular formula is C18H17N5O3S2. The number of rotatable bonds is 6. The van der Waals surface area contributed by atoms with E-state index in [0.29, 0.717) is 22.2 Å². The number of thiophene rings is 1. The number of methoxy groups -OCH3 is 1. The number of hydrogen-bond donors (Lipinski definition) is 1. The van der Waals surface area contributed by atoms with Gasteiger partial charge in [-0.2, -0.15) is 0 Å². The van der Waals surface area contributed by atoms with Gasteiger partial charge in [0.1, 0.15) is 10.4 Å². The average Bonchev–Trinajstić information content (AvgIpc) is 3.36. The summed E-state index contributed by atoms with van der Waals surface area (Å²) in [6.45, 7) is 0.438. The summed E-state index contributed by atoms with van der Waals surface area (Å²) in [5.41, 5.74) is 1.65. The van der Waals surface area contributed by atoms with Crippen LogP contribution in [0.3, 0.4) is 0 Å². The van der Waals surface area contributed by atoms with Crippen molar-refractivity contribution in [3.8, 4) is 5.75 Å². The number of hydrogen-bond acceptors (Lipinski definition) is 7. The van der Waals surface area contributed by atoms with E-state index >= 15 is 0 Å². The van der Waals surface area contributed by atoms with Gasteiger partial charge in [-0.15, -0.1) is 21.5 Å². The number of nitrogens with zero attached hydrogens (tertiary/aromatic N) is 4. The molecule has 0 fully saturated rings. The van der Waals surface area contributed by atoms with Crippen molar-refractivity contribution in [3.05, 3.63) is 51.6 Å². The van der Waals surface area contributed by atoms with Gasteiger partial charge in [-0.3, -0.25) is 18.6 Å². The molecule has 1 amide bonds. The van der Waals surface area contributed by atoms with Gasteiger partial charge in [0.05, 0.1) is 18.4 Å².